The summed E-state index contributed by atoms with van der Waals surface area (Å²) in [5, 5.41) is 19.6. The molecule has 0 bridgehead atoms. The minimum absolute atomic E-state index is 0.130. The third-order valence-electron chi connectivity index (χ3n) is 7.06. The Balaban J connectivity index is 1.40. The van der Waals surface area contributed by atoms with Crippen LogP contribution in [0.15, 0.2) is 67.1 Å². The lowest BCUT2D eigenvalue weighted by molar-refractivity contribution is 0.114. The molecule has 4 heterocycles. The maximum absolute atomic E-state index is 10.5. The summed E-state index contributed by atoms with van der Waals surface area (Å²) in [6.07, 6.45) is 5.66. The summed E-state index contributed by atoms with van der Waals surface area (Å²) in [5.41, 5.74) is 7.37. The van der Waals surface area contributed by atoms with Crippen LogP contribution in [0.5, 0.6) is 0 Å². The van der Waals surface area contributed by atoms with E-state index in [0.717, 1.165) is 47.1 Å². The van der Waals surface area contributed by atoms with Gasteiger partial charge in [-0.2, -0.15) is 5.26 Å². The third kappa shape index (κ3) is 3.31. The van der Waals surface area contributed by atoms with Gasteiger partial charge in [-0.1, -0.05) is 12.1 Å². The number of anilines is 1. The molecule has 2 aliphatic heterocycles. The van der Waals surface area contributed by atoms with E-state index < -0.39 is 0 Å². The maximum atomic E-state index is 10.5. The van der Waals surface area contributed by atoms with Crippen LogP contribution in [0.1, 0.15) is 11.1 Å². The second kappa shape index (κ2) is 7.87. The summed E-state index contributed by atoms with van der Waals surface area (Å²) >= 11 is 0. The smallest absolute Gasteiger partial charge is 0.161 e. The summed E-state index contributed by atoms with van der Waals surface area (Å²) in [5.74, 6) is 0.913. The van der Waals surface area contributed by atoms with Gasteiger partial charge >= 0.3 is 0 Å². The van der Waals surface area contributed by atoms with Gasteiger partial charge in [-0.15, -0.1) is 0 Å². The number of β-amino-alcohol motifs (C(OH)–C–C–N with tert-alkyl or cyclic N) is 1. The molecule has 7 heteroatoms. The molecule has 7 nitrogen and oxygen atoms in total. The van der Waals surface area contributed by atoms with Gasteiger partial charge in [0.15, 0.2) is 5.82 Å². The Morgan fingerprint density at radius 1 is 1.06 bits per heavy atom. The van der Waals surface area contributed by atoms with Gasteiger partial charge in [0.2, 0.25) is 0 Å². The molecule has 2 aromatic carbocycles. The number of nitriles is 1. The monoisotopic (exact) mass is 450 g/mol. The lowest BCUT2D eigenvalue weighted by atomic mass is 10.1. The Bertz CT molecular complexity index is 1410. The molecule has 1 unspecified atom stereocenters. The molecule has 2 atom stereocenters. The van der Waals surface area contributed by atoms with Crippen LogP contribution in [0.25, 0.3) is 28.3 Å². The van der Waals surface area contributed by atoms with Crippen LogP contribution in [0.2, 0.25) is 0 Å². The van der Waals surface area contributed by atoms with Gasteiger partial charge in [-0.25, -0.2) is 4.98 Å². The molecule has 0 saturated carbocycles. The molecule has 1 N–H and O–H groups in total. The number of imidazole rings is 1. The topological polar surface area (TPSA) is 73.2 Å². The molecule has 0 radical (unpaired) electrons. The fourth-order valence-electron chi connectivity index (χ4n) is 5.21. The van der Waals surface area contributed by atoms with Gasteiger partial charge in [0.05, 0.1) is 35.2 Å². The Hall–Kier alpha value is -3.86. The van der Waals surface area contributed by atoms with E-state index in [1.165, 1.54) is 5.56 Å². The minimum atomic E-state index is -0.361. The lowest BCUT2D eigenvalue weighted by Gasteiger charge is -2.23. The minimum Gasteiger partial charge on any atom is -0.390 e. The summed E-state index contributed by atoms with van der Waals surface area (Å²) in [4.78, 5) is 9.05. The van der Waals surface area contributed by atoms with Crippen molar-refractivity contribution in [2.75, 3.05) is 32.1 Å². The number of aliphatic hydroxyl groups is 1. The van der Waals surface area contributed by atoms with Gasteiger partial charge in [-0.3, -0.25) is 4.57 Å². The van der Waals surface area contributed by atoms with Gasteiger partial charge in [0.25, 0.3) is 0 Å². The van der Waals surface area contributed by atoms with Crippen LogP contribution in [0.4, 0.5) is 5.69 Å². The van der Waals surface area contributed by atoms with Crippen molar-refractivity contribution >= 4 is 5.69 Å². The highest BCUT2D eigenvalue weighted by Crippen LogP contribution is 2.36. The molecule has 2 aromatic heterocycles. The van der Waals surface area contributed by atoms with Gasteiger partial charge in [0.1, 0.15) is 0 Å². The number of aromatic nitrogens is 3. The zero-order valence-corrected chi connectivity index (χ0v) is 19.3. The zero-order valence-electron chi connectivity index (χ0n) is 19.3. The van der Waals surface area contributed by atoms with E-state index in [2.05, 4.69) is 60.4 Å². The van der Waals surface area contributed by atoms with E-state index in [4.69, 9.17) is 5.26 Å². The first kappa shape index (κ1) is 20.7. The van der Waals surface area contributed by atoms with Crippen molar-refractivity contribution in [3.8, 4) is 34.4 Å². The van der Waals surface area contributed by atoms with E-state index in [-0.39, 0.29) is 12.1 Å². The highest BCUT2D eigenvalue weighted by Gasteiger charge is 2.33. The average Bonchev–Trinajstić information content (AvgIpc) is 3.56. The molecule has 2 aliphatic rings. The molecule has 170 valence electrons. The summed E-state index contributed by atoms with van der Waals surface area (Å²) in [6, 6.07) is 18.7. The molecule has 4 aromatic rings. The predicted molar refractivity (Wildman–Crippen MR) is 132 cm³/mol. The van der Waals surface area contributed by atoms with E-state index in [1.54, 1.807) is 0 Å². The van der Waals surface area contributed by atoms with Crippen LogP contribution in [-0.4, -0.2) is 63.5 Å². The number of hydrogen-bond donors (Lipinski definition) is 1. The predicted octanol–water partition coefficient (Wildman–Crippen LogP) is 3.35. The van der Waals surface area contributed by atoms with Crippen LogP contribution >= 0.6 is 0 Å². The molecular formula is C27H26N6O. The van der Waals surface area contributed by atoms with Crippen molar-refractivity contribution in [2.24, 2.45) is 0 Å². The number of aliphatic hydroxyl groups excluding tert-OH is 1. The van der Waals surface area contributed by atoms with Crippen LogP contribution in [-0.2, 0) is 6.54 Å². The lowest BCUT2D eigenvalue weighted by Crippen LogP contribution is -2.38. The molecule has 0 amide bonds. The fraction of sp³-hybridized carbons (Fsp3) is 0.259. The number of benzene rings is 2. The summed E-state index contributed by atoms with van der Waals surface area (Å²) < 4.78 is 4.41. The highest BCUT2D eigenvalue weighted by atomic mass is 16.3. The van der Waals surface area contributed by atoms with E-state index in [1.807, 2.05) is 50.8 Å². The molecule has 0 spiro atoms. The van der Waals surface area contributed by atoms with Crippen molar-refractivity contribution in [2.45, 2.75) is 18.7 Å². The SMILES string of the molecule is CN(C)C1CN(c2ccc3c(c2)Cn2cc(-c4ccc(C#N)cc4)cc2-c2nccn2-3)C[C@H]1O. The molecular weight excluding hydrogens is 424 g/mol. The Kier molecular flexibility index (Phi) is 4.80. The van der Waals surface area contributed by atoms with E-state index >= 15 is 0 Å². The second-order valence-corrected chi connectivity index (χ2v) is 9.37. The van der Waals surface area contributed by atoms with Crippen molar-refractivity contribution in [3.05, 3.63) is 78.2 Å². The van der Waals surface area contributed by atoms with Gasteiger partial charge in [0, 0.05) is 49.5 Å². The molecule has 34 heavy (non-hydrogen) atoms. The Morgan fingerprint density at radius 3 is 2.62 bits per heavy atom. The van der Waals surface area contributed by atoms with Crippen molar-refractivity contribution in [1.82, 2.24) is 19.0 Å². The van der Waals surface area contributed by atoms with Crippen molar-refractivity contribution < 1.29 is 5.11 Å². The van der Waals surface area contributed by atoms with Gasteiger partial charge in [-0.05, 0) is 61.6 Å². The van der Waals surface area contributed by atoms with Crippen LogP contribution < -0.4 is 4.90 Å². The number of likely N-dealkylation sites (N-methyl/N-ethyl adjacent to an activating group) is 1. The first-order valence-electron chi connectivity index (χ1n) is 11.5. The quantitative estimate of drug-likeness (QED) is 0.456. The highest BCUT2D eigenvalue weighted by molar-refractivity contribution is 5.72. The van der Waals surface area contributed by atoms with Crippen LogP contribution in [0, 0.1) is 11.3 Å². The summed E-state index contributed by atoms with van der Waals surface area (Å²) in [7, 11) is 4.04. The van der Waals surface area contributed by atoms with Crippen LogP contribution in [0.3, 0.4) is 0 Å². The largest absolute Gasteiger partial charge is 0.390 e. The standard InChI is InChI=1S/C27H26N6O/c1-30(2)25-16-31(17-26(25)34)22-7-8-23-21(11-22)15-32-14-20(19-5-3-18(13-28)4-6-19)12-24(32)27-29-9-10-33(23)27/h3-12,14,25-26,34H,15-17H2,1-2H3/t25?,26-/m1/s1. The zero-order chi connectivity index (χ0) is 23.4. The summed E-state index contributed by atoms with van der Waals surface area (Å²) in [6.45, 7) is 2.17. The molecule has 0 aliphatic carbocycles. The van der Waals surface area contributed by atoms with E-state index in [9.17, 15) is 5.11 Å². The average molecular weight is 451 g/mol. The first-order valence-corrected chi connectivity index (χ1v) is 11.5. The first-order chi connectivity index (χ1) is 16.5. The molecule has 6 rings (SSSR count). The second-order valence-electron chi connectivity index (χ2n) is 9.37. The van der Waals surface area contributed by atoms with E-state index in [0.29, 0.717) is 12.1 Å². The Labute approximate surface area is 198 Å². The normalized spacial score (nSPS) is 18.9. The number of nitrogens with zero attached hydrogens (tertiary/aromatic N) is 6. The van der Waals surface area contributed by atoms with Crippen molar-refractivity contribution in [1.29, 1.82) is 5.26 Å². The number of hydrogen-bond acceptors (Lipinski definition) is 5. The number of fused-ring (bicyclic) bond motifs is 5. The number of rotatable bonds is 3. The third-order valence-corrected chi connectivity index (χ3v) is 7.06. The molecule has 1 saturated heterocycles. The fourth-order valence-corrected chi connectivity index (χ4v) is 5.21. The van der Waals surface area contributed by atoms with Crippen molar-refractivity contribution in [3.63, 3.8) is 0 Å². The molecule has 1 fully saturated rings. The maximum Gasteiger partial charge on any atom is 0.161 e. The Morgan fingerprint density at radius 2 is 1.88 bits per heavy atom. The van der Waals surface area contributed by atoms with Gasteiger partial charge < -0.3 is 19.5 Å².